The highest BCUT2D eigenvalue weighted by molar-refractivity contribution is 5.68. The number of hydrogen-bond donors (Lipinski definition) is 1. The number of amides is 1. The highest BCUT2D eigenvalue weighted by atomic mass is 16.6. The summed E-state index contributed by atoms with van der Waals surface area (Å²) in [6.45, 7) is 6.92. The average molecular weight is 372 g/mol. The molecule has 0 bridgehead atoms. The van der Waals surface area contributed by atoms with Gasteiger partial charge in [0.15, 0.2) is 5.75 Å². The fraction of sp³-hybridized carbons (Fsp3) is 0.421. The predicted molar refractivity (Wildman–Crippen MR) is 99.5 cm³/mol. The quantitative estimate of drug-likeness (QED) is 0.883. The Balaban J connectivity index is 1.68. The molecule has 1 aromatic heterocycles. The summed E-state index contributed by atoms with van der Waals surface area (Å²) in [7, 11) is 0. The SMILES string of the molecule is CC(C)(C)OC(=O)N1CCO[C@H](c2cccc(Oc3cnc(N)nc3)c2)C1. The lowest BCUT2D eigenvalue weighted by molar-refractivity contribution is -0.0433. The number of morpholine rings is 1. The molecule has 0 unspecified atom stereocenters. The summed E-state index contributed by atoms with van der Waals surface area (Å²) < 4.78 is 17.1. The van der Waals surface area contributed by atoms with E-state index in [1.54, 1.807) is 4.90 Å². The average Bonchev–Trinajstić information content (AvgIpc) is 2.63. The molecule has 144 valence electrons. The van der Waals surface area contributed by atoms with Crippen molar-refractivity contribution in [3.05, 3.63) is 42.2 Å². The van der Waals surface area contributed by atoms with Gasteiger partial charge in [-0.2, -0.15) is 0 Å². The number of nitrogen functional groups attached to an aromatic ring is 1. The van der Waals surface area contributed by atoms with Crippen LogP contribution >= 0.6 is 0 Å². The maximum atomic E-state index is 12.3. The zero-order valence-corrected chi connectivity index (χ0v) is 15.7. The standard InChI is InChI=1S/C19H24N4O4/c1-19(2,3)27-18(24)23-7-8-25-16(12-23)13-5-4-6-14(9-13)26-15-10-21-17(20)22-11-15/h4-6,9-11,16H,7-8,12H2,1-3H3,(H2,20,21,22)/t16-/m0/s1. The smallest absolute Gasteiger partial charge is 0.410 e. The lowest BCUT2D eigenvalue weighted by atomic mass is 10.1. The van der Waals surface area contributed by atoms with Gasteiger partial charge in [0, 0.05) is 6.54 Å². The third kappa shape index (κ3) is 5.30. The minimum Gasteiger partial charge on any atom is -0.454 e. The summed E-state index contributed by atoms with van der Waals surface area (Å²) in [5.41, 5.74) is 5.87. The summed E-state index contributed by atoms with van der Waals surface area (Å²) in [6, 6.07) is 7.52. The number of nitrogens with zero attached hydrogens (tertiary/aromatic N) is 3. The molecule has 1 atom stereocenters. The number of aromatic nitrogens is 2. The molecule has 2 aromatic rings. The maximum absolute atomic E-state index is 12.3. The van der Waals surface area contributed by atoms with Gasteiger partial charge in [-0.1, -0.05) is 12.1 Å². The van der Waals surface area contributed by atoms with E-state index >= 15 is 0 Å². The summed E-state index contributed by atoms with van der Waals surface area (Å²) in [5.74, 6) is 1.30. The summed E-state index contributed by atoms with van der Waals surface area (Å²) in [4.78, 5) is 21.8. The molecule has 2 N–H and O–H groups in total. The van der Waals surface area contributed by atoms with Crippen LogP contribution in [0.5, 0.6) is 11.5 Å². The molecule has 1 aliphatic rings. The number of carbonyl (C=O) groups is 1. The van der Waals surface area contributed by atoms with Gasteiger partial charge in [-0.05, 0) is 38.5 Å². The van der Waals surface area contributed by atoms with E-state index in [-0.39, 0.29) is 18.1 Å². The van der Waals surface area contributed by atoms with Gasteiger partial charge in [0.05, 0.1) is 25.5 Å². The second kappa shape index (κ2) is 7.79. The Bertz CT molecular complexity index is 789. The monoisotopic (exact) mass is 372 g/mol. The highest BCUT2D eigenvalue weighted by Crippen LogP contribution is 2.28. The first kappa shape index (κ1) is 18.9. The number of ether oxygens (including phenoxy) is 3. The molecular weight excluding hydrogens is 348 g/mol. The third-order valence-corrected chi connectivity index (χ3v) is 3.83. The number of carbonyl (C=O) groups excluding carboxylic acids is 1. The Labute approximate surface area is 158 Å². The Morgan fingerprint density at radius 2 is 2.00 bits per heavy atom. The molecule has 1 saturated heterocycles. The highest BCUT2D eigenvalue weighted by Gasteiger charge is 2.29. The van der Waals surface area contributed by atoms with Crippen molar-refractivity contribution in [1.29, 1.82) is 0 Å². The largest absolute Gasteiger partial charge is 0.454 e. The van der Waals surface area contributed by atoms with Gasteiger partial charge in [0.1, 0.15) is 17.5 Å². The van der Waals surface area contributed by atoms with Gasteiger partial charge < -0.3 is 24.8 Å². The first-order valence-corrected chi connectivity index (χ1v) is 8.75. The number of hydrogen-bond acceptors (Lipinski definition) is 7. The molecule has 2 heterocycles. The van der Waals surface area contributed by atoms with Crippen molar-refractivity contribution in [1.82, 2.24) is 14.9 Å². The van der Waals surface area contributed by atoms with Crippen LogP contribution in [0.3, 0.4) is 0 Å². The van der Waals surface area contributed by atoms with Crippen molar-refractivity contribution in [3.63, 3.8) is 0 Å². The van der Waals surface area contributed by atoms with Crippen LogP contribution in [0.25, 0.3) is 0 Å². The van der Waals surface area contributed by atoms with E-state index in [1.165, 1.54) is 12.4 Å². The van der Waals surface area contributed by atoms with Crippen LogP contribution in [0, 0.1) is 0 Å². The lowest BCUT2D eigenvalue weighted by Crippen LogP contribution is -2.44. The predicted octanol–water partition coefficient (Wildman–Crippen LogP) is 3.16. The molecule has 1 amide bonds. The number of nitrogens with two attached hydrogens (primary N) is 1. The Kier molecular flexibility index (Phi) is 5.46. The van der Waals surface area contributed by atoms with E-state index in [4.69, 9.17) is 19.9 Å². The second-order valence-electron chi connectivity index (χ2n) is 7.24. The molecule has 0 saturated carbocycles. The van der Waals surface area contributed by atoms with Gasteiger partial charge in [-0.3, -0.25) is 0 Å². The van der Waals surface area contributed by atoms with E-state index in [0.29, 0.717) is 31.2 Å². The van der Waals surface area contributed by atoms with Crippen LogP contribution in [-0.2, 0) is 9.47 Å². The van der Waals surface area contributed by atoms with Crippen molar-refractivity contribution in [2.24, 2.45) is 0 Å². The van der Waals surface area contributed by atoms with Gasteiger partial charge >= 0.3 is 6.09 Å². The van der Waals surface area contributed by atoms with E-state index in [9.17, 15) is 4.79 Å². The minimum atomic E-state index is -0.528. The first-order valence-electron chi connectivity index (χ1n) is 8.75. The van der Waals surface area contributed by atoms with Gasteiger partial charge in [0.2, 0.25) is 5.95 Å². The van der Waals surface area contributed by atoms with Gasteiger partial charge in [-0.25, -0.2) is 14.8 Å². The topological polar surface area (TPSA) is 99.8 Å². The Morgan fingerprint density at radius 1 is 1.26 bits per heavy atom. The summed E-state index contributed by atoms with van der Waals surface area (Å²) in [5, 5.41) is 0. The summed E-state index contributed by atoms with van der Waals surface area (Å²) in [6.07, 6.45) is 2.44. The molecule has 1 aromatic carbocycles. The fourth-order valence-electron chi connectivity index (χ4n) is 2.64. The normalized spacial score (nSPS) is 17.4. The van der Waals surface area contributed by atoms with E-state index in [1.807, 2.05) is 45.0 Å². The Hall–Kier alpha value is -2.87. The van der Waals surface area contributed by atoms with Crippen LogP contribution < -0.4 is 10.5 Å². The fourth-order valence-corrected chi connectivity index (χ4v) is 2.64. The zero-order valence-electron chi connectivity index (χ0n) is 15.7. The first-order chi connectivity index (χ1) is 12.8. The molecule has 27 heavy (non-hydrogen) atoms. The minimum absolute atomic E-state index is 0.189. The molecule has 0 radical (unpaired) electrons. The van der Waals surface area contributed by atoms with Crippen LogP contribution in [0.1, 0.15) is 32.4 Å². The van der Waals surface area contributed by atoms with Crippen molar-refractivity contribution >= 4 is 12.0 Å². The van der Waals surface area contributed by atoms with Gasteiger partial charge in [-0.15, -0.1) is 0 Å². The van der Waals surface area contributed by atoms with Crippen LogP contribution in [-0.4, -0.2) is 46.3 Å². The molecule has 1 aliphatic heterocycles. The Morgan fingerprint density at radius 3 is 2.70 bits per heavy atom. The second-order valence-corrected chi connectivity index (χ2v) is 7.24. The maximum Gasteiger partial charge on any atom is 0.410 e. The van der Waals surface area contributed by atoms with Crippen LogP contribution in [0.2, 0.25) is 0 Å². The zero-order chi connectivity index (χ0) is 19.4. The van der Waals surface area contributed by atoms with Crippen molar-refractivity contribution < 1.29 is 19.0 Å². The number of anilines is 1. The molecule has 1 fully saturated rings. The van der Waals surface area contributed by atoms with E-state index in [2.05, 4.69) is 9.97 Å². The van der Waals surface area contributed by atoms with Crippen molar-refractivity contribution in [2.45, 2.75) is 32.5 Å². The summed E-state index contributed by atoms with van der Waals surface area (Å²) >= 11 is 0. The molecule has 3 rings (SSSR count). The van der Waals surface area contributed by atoms with E-state index in [0.717, 1.165) is 5.56 Å². The molecule has 8 nitrogen and oxygen atoms in total. The number of benzene rings is 1. The molecular formula is C19H24N4O4. The van der Waals surface area contributed by atoms with Crippen LogP contribution in [0.4, 0.5) is 10.7 Å². The molecule has 0 spiro atoms. The van der Waals surface area contributed by atoms with Gasteiger partial charge in [0.25, 0.3) is 0 Å². The number of rotatable bonds is 3. The van der Waals surface area contributed by atoms with E-state index < -0.39 is 5.60 Å². The third-order valence-electron chi connectivity index (χ3n) is 3.83. The van der Waals surface area contributed by atoms with Crippen molar-refractivity contribution in [3.8, 4) is 11.5 Å². The van der Waals surface area contributed by atoms with Crippen LogP contribution in [0.15, 0.2) is 36.7 Å². The molecule has 8 heteroatoms. The lowest BCUT2D eigenvalue weighted by Gasteiger charge is -2.34. The van der Waals surface area contributed by atoms with Crippen molar-refractivity contribution in [2.75, 3.05) is 25.4 Å². The molecule has 0 aliphatic carbocycles.